The van der Waals surface area contributed by atoms with Crippen LogP contribution in [-0.4, -0.2) is 14.9 Å². The van der Waals surface area contributed by atoms with E-state index in [2.05, 4.69) is 9.97 Å². The second kappa shape index (κ2) is 4.01. The minimum absolute atomic E-state index is 0.0988. The highest BCUT2D eigenvalue weighted by atomic mass is 19.1. The van der Waals surface area contributed by atoms with Crippen molar-refractivity contribution in [2.45, 2.75) is 0 Å². The van der Waals surface area contributed by atoms with Crippen molar-refractivity contribution < 1.29 is 9.31 Å². The Morgan fingerprint density at radius 2 is 2.06 bits per heavy atom. The molecule has 0 amide bonds. The van der Waals surface area contributed by atoms with Crippen molar-refractivity contribution in [1.29, 1.82) is 0 Å². The Bertz CT molecular complexity index is 528. The topological polar surface area (TPSA) is 68.9 Å². The molecule has 2 aromatic rings. The Morgan fingerprint density at radius 3 is 2.62 bits per heavy atom. The first-order chi connectivity index (χ1) is 7.66. The summed E-state index contributed by atoms with van der Waals surface area (Å²) >= 11 is 0. The molecule has 5 nitrogen and oxygen atoms in total. The van der Waals surface area contributed by atoms with Gasteiger partial charge in [0.15, 0.2) is 0 Å². The van der Waals surface area contributed by atoms with Crippen LogP contribution in [0.15, 0.2) is 36.7 Å². The van der Waals surface area contributed by atoms with Gasteiger partial charge in [0.25, 0.3) is 5.69 Å². The predicted molar refractivity (Wildman–Crippen MR) is 54.1 cm³/mol. The second-order valence-corrected chi connectivity index (χ2v) is 3.03. The SMILES string of the molecule is O=[N+]([O-])c1ccc(-c2ccnc(F)c2)nc1. The molecular weight excluding hydrogens is 213 g/mol. The zero-order valence-corrected chi connectivity index (χ0v) is 8.00. The third-order valence-electron chi connectivity index (χ3n) is 1.98. The highest BCUT2D eigenvalue weighted by Gasteiger charge is 2.06. The van der Waals surface area contributed by atoms with E-state index in [1.165, 1.54) is 24.4 Å². The molecule has 0 fully saturated rings. The monoisotopic (exact) mass is 219 g/mol. The normalized spacial score (nSPS) is 10.1. The zero-order chi connectivity index (χ0) is 11.5. The molecule has 0 bridgehead atoms. The molecule has 0 aliphatic carbocycles. The third-order valence-corrected chi connectivity index (χ3v) is 1.98. The molecule has 0 saturated heterocycles. The van der Waals surface area contributed by atoms with Crippen molar-refractivity contribution in [2.24, 2.45) is 0 Å². The summed E-state index contributed by atoms with van der Waals surface area (Å²) in [5.41, 5.74) is 0.896. The van der Waals surface area contributed by atoms with Gasteiger partial charge < -0.3 is 0 Å². The Hall–Kier alpha value is -2.37. The highest BCUT2D eigenvalue weighted by Crippen LogP contribution is 2.19. The zero-order valence-electron chi connectivity index (χ0n) is 8.00. The maximum absolute atomic E-state index is 12.8. The van der Waals surface area contributed by atoms with Gasteiger partial charge in [-0.2, -0.15) is 4.39 Å². The first-order valence-corrected chi connectivity index (χ1v) is 4.39. The fourth-order valence-electron chi connectivity index (χ4n) is 1.23. The summed E-state index contributed by atoms with van der Waals surface area (Å²) in [6.07, 6.45) is 2.45. The minimum Gasteiger partial charge on any atom is -0.258 e. The molecule has 0 aliphatic rings. The Kier molecular flexibility index (Phi) is 2.55. The first kappa shape index (κ1) is 10.2. The lowest BCUT2D eigenvalue weighted by Gasteiger charge is -1.99. The van der Waals surface area contributed by atoms with Crippen molar-refractivity contribution in [3.8, 4) is 11.3 Å². The minimum atomic E-state index is -0.613. The van der Waals surface area contributed by atoms with Crippen molar-refractivity contribution >= 4 is 5.69 Å². The van der Waals surface area contributed by atoms with Crippen molar-refractivity contribution in [3.63, 3.8) is 0 Å². The molecular formula is C10H6FN3O2. The molecule has 0 atom stereocenters. The van der Waals surface area contributed by atoms with Gasteiger partial charge in [0.1, 0.15) is 6.20 Å². The van der Waals surface area contributed by atoms with Crippen LogP contribution in [0.4, 0.5) is 10.1 Å². The van der Waals surface area contributed by atoms with E-state index >= 15 is 0 Å². The fraction of sp³-hybridized carbons (Fsp3) is 0. The van der Waals surface area contributed by atoms with E-state index in [9.17, 15) is 14.5 Å². The van der Waals surface area contributed by atoms with E-state index in [1.807, 2.05) is 0 Å². The van der Waals surface area contributed by atoms with Gasteiger partial charge in [-0.3, -0.25) is 10.1 Å². The first-order valence-electron chi connectivity index (χ1n) is 4.39. The number of halogens is 1. The third kappa shape index (κ3) is 2.00. The van der Waals surface area contributed by atoms with Crippen molar-refractivity contribution in [2.75, 3.05) is 0 Å². The van der Waals surface area contributed by atoms with Gasteiger partial charge >= 0.3 is 0 Å². The van der Waals surface area contributed by atoms with Gasteiger partial charge in [-0.05, 0) is 12.1 Å². The molecule has 0 radical (unpaired) electrons. The van der Waals surface area contributed by atoms with Gasteiger partial charge in [-0.1, -0.05) is 0 Å². The van der Waals surface area contributed by atoms with E-state index in [4.69, 9.17) is 0 Å². The smallest absolute Gasteiger partial charge is 0.258 e. The predicted octanol–water partition coefficient (Wildman–Crippen LogP) is 2.19. The lowest BCUT2D eigenvalue weighted by Crippen LogP contribution is -1.91. The Balaban J connectivity index is 2.38. The summed E-state index contributed by atoms with van der Waals surface area (Å²) in [5, 5.41) is 10.4. The van der Waals surface area contributed by atoms with Crippen LogP contribution >= 0.6 is 0 Å². The molecule has 6 heteroatoms. The molecule has 2 rings (SSSR count). The molecule has 16 heavy (non-hydrogen) atoms. The Morgan fingerprint density at radius 1 is 1.25 bits per heavy atom. The summed E-state index contributed by atoms with van der Waals surface area (Å²) in [6, 6.07) is 5.58. The highest BCUT2D eigenvalue weighted by molar-refractivity contribution is 5.59. The lowest BCUT2D eigenvalue weighted by atomic mass is 10.2. The largest absolute Gasteiger partial charge is 0.287 e. The van der Waals surface area contributed by atoms with Gasteiger partial charge in [-0.25, -0.2) is 9.97 Å². The van der Waals surface area contributed by atoms with Crippen LogP contribution in [-0.2, 0) is 0 Å². The van der Waals surface area contributed by atoms with E-state index in [0.717, 1.165) is 6.20 Å². The molecule has 0 aromatic carbocycles. The maximum atomic E-state index is 12.8. The molecule has 0 spiro atoms. The summed E-state index contributed by atoms with van der Waals surface area (Å²) in [7, 11) is 0. The maximum Gasteiger partial charge on any atom is 0.287 e. The summed E-state index contributed by atoms with van der Waals surface area (Å²) in [6.45, 7) is 0. The van der Waals surface area contributed by atoms with Crippen molar-refractivity contribution in [1.82, 2.24) is 9.97 Å². The van der Waals surface area contributed by atoms with Crippen LogP contribution in [0.1, 0.15) is 0 Å². The van der Waals surface area contributed by atoms with Crippen LogP contribution in [0, 0.1) is 16.1 Å². The summed E-state index contributed by atoms with van der Waals surface area (Å²) in [5.74, 6) is -0.613. The summed E-state index contributed by atoms with van der Waals surface area (Å²) < 4.78 is 12.8. The van der Waals surface area contributed by atoms with E-state index in [-0.39, 0.29) is 5.69 Å². The average Bonchev–Trinajstić information content (AvgIpc) is 2.29. The number of hydrogen-bond acceptors (Lipinski definition) is 4. The number of aromatic nitrogens is 2. The van der Waals surface area contributed by atoms with Gasteiger partial charge in [0.05, 0.1) is 10.6 Å². The molecule has 0 unspecified atom stereocenters. The van der Waals surface area contributed by atoms with Gasteiger partial charge in [-0.15, -0.1) is 0 Å². The quantitative estimate of drug-likeness (QED) is 0.441. The standard InChI is InChI=1S/C10H6FN3O2/c11-10-5-7(3-4-12-10)9-2-1-8(6-13-9)14(15)16/h1-6H. The number of nitrogens with zero attached hydrogens (tertiary/aromatic N) is 3. The van der Waals surface area contributed by atoms with Crippen LogP contribution in [0.5, 0.6) is 0 Å². The summed E-state index contributed by atoms with van der Waals surface area (Å²) in [4.78, 5) is 17.1. The number of hydrogen-bond donors (Lipinski definition) is 0. The molecule has 80 valence electrons. The van der Waals surface area contributed by atoms with Gasteiger partial charge in [0.2, 0.25) is 5.95 Å². The molecule has 2 aromatic heterocycles. The fourth-order valence-corrected chi connectivity index (χ4v) is 1.23. The molecule has 2 heterocycles. The van der Waals surface area contributed by atoms with Crippen LogP contribution in [0.25, 0.3) is 11.3 Å². The lowest BCUT2D eigenvalue weighted by molar-refractivity contribution is -0.385. The van der Waals surface area contributed by atoms with Crippen LogP contribution < -0.4 is 0 Å². The number of pyridine rings is 2. The number of rotatable bonds is 2. The van der Waals surface area contributed by atoms with Crippen molar-refractivity contribution in [3.05, 3.63) is 52.7 Å². The van der Waals surface area contributed by atoms with Crippen LogP contribution in [0.2, 0.25) is 0 Å². The molecule has 0 N–H and O–H groups in total. The van der Waals surface area contributed by atoms with E-state index in [1.54, 1.807) is 6.07 Å². The van der Waals surface area contributed by atoms with E-state index in [0.29, 0.717) is 11.3 Å². The van der Waals surface area contributed by atoms with Crippen LogP contribution in [0.3, 0.4) is 0 Å². The molecule has 0 aliphatic heterocycles. The average molecular weight is 219 g/mol. The van der Waals surface area contributed by atoms with Gasteiger partial charge in [0, 0.05) is 23.9 Å². The number of nitro groups is 1. The molecule has 0 saturated carbocycles. The second-order valence-electron chi connectivity index (χ2n) is 3.03. The van der Waals surface area contributed by atoms with E-state index < -0.39 is 10.9 Å². The Labute approximate surface area is 89.7 Å².